The first-order chi connectivity index (χ1) is 20.4. The zero-order valence-electron chi connectivity index (χ0n) is 24.0. The second-order valence-electron chi connectivity index (χ2n) is 10.2. The van der Waals surface area contributed by atoms with E-state index < -0.39 is 17.8 Å². The van der Waals surface area contributed by atoms with Crippen LogP contribution in [0.5, 0.6) is 11.5 Å². The number of hydrogen-bond acceptors (Lipinski definition) is 6. The lowest BCUT2D eigenvalue weighted by molar-refractivity contribution is -0.127. The number of carbonyl (C=O) groups excluding carboxylic acids is 3. The summed E-state index contributed by atoms with van der Waals surface area (Å²) in [4.78, 5) is 46.0. The molecule has 0 bridgehead atoms. The summed E-state index contributed by atoms with van der Waals surface area (Å²) in [6, 6.07) is 14.6. The van der Waals surface area contributed by atoms with Gasteiger partial charge in [0, 0.05) is 31.1 Å². The molecule has 0 spiro atoms. The lowest BCUT2D eigenvalue weighted by atomic mass is 9.94. The largest absolute Gasteiger partial charge is 0.497 e. The van der Waals surface area contributed by atoms with E-state index in [1.54, 1.807) is 42.6 Å². The van der Waals surface area contributed by atoms with E-state index in [0.717, 1.165) is 32.1 Å². The van der Waals surface area contributed by atoms with Crippen molar-refractivity contribution >= 4 is 29.2 Å². The van der Waals surface area contributed by atoms with Gasteiger partial charge in [-0.25, -0.2) is 9.37 Å². The number of nitrogens with one attached hydrogen (secondary N) is 2. The molecule has 1 atom stereocenters. The highest BCUT2D eigenvalue weighted by Gasteiger charge is 2.35. The molecule has 4 rings (SSSR count). The smallest absolute Gasteiger partial charge is 0.248 e. The molecule has 1 aromatic heterocycles. The van der Waals surface area contributed by atoms with E-state index in [1.165, 1.54) is 43.4 Å². The summed E-state index contributed by atoms with van der Waals surface area (Å²) in [5, 5.41) is 5.85. The second kappa shape index (κ2) is 15.0. The van der Waals surface area contributed by atoms with Gasteiger partial charge in [0.15, 0.2) is 0 Å². The average Bonchev–Trinajstić information content (AvgIpc) is 3.01. The van der Waals surface area contributed by atoms with Crippen molar-refractivity contribution in [1.29, 1.82) is 0 Å². The number of rotatable bonds is 12. The van der Waals surface area contributed by atoms with Crippen molar-refractivity contribution in [2.45, 2.75) is 63.5 Å². The van der Waals surface area contributed by atoms with Crippen LogP contribution in [-0.2, 0) is 14.4 Å². The summed E-state index contributed by atoms with van der Waals surface area (Å²) in [7, 11) is 2.99. The van der Waals surface area contributed by atoms with Gasteiger partial charge in [-0.15, -0.1) is 0 Å². The van der Waals surface area contributed by atoms with Gasteiger partial charge in [0.2, 0.25) is 17.7 Å². The van der Waals surface area contributed by atoms with E-state index in [4.69, 9.17) is 9.47 Å². The fraction of sp³-hybridized carbons (Fsp3) is 0.375. The third-order valence-corrected chi connectivity index (χ3v) is 7.29. The van der Waals surface area contributed by atoms with Crippen LogP contribution in [0.25, 0.3) is 0 Å². The molecule has 10 heteroatoms. The Labute approximate surface area is 245 Å². The van der Waals surface area contributed by atoms with Crippen LogP contribution in [0.2, 0.25) is 0 Å². The van der Waals surface area contributed by atoms with Crippen LogP contribution in [0.4, 0.5) is 15.9 Å². The monoisotopic (exact) mass is 576 g/mol. The number of pyridine rings is 1. The molecule has 2 aromatic carbocycles. The zero-order valence-corrected chi connectivity index (χ0v) is 24.0. The fourth-order valence-electron chi connectivity index (χ4n) is 5.15. The van der Waals surface area contributed by atoms with Crippen LogP contribution in [0.15, 0.2) is 66.9 Å². The van der Waals surface area contributed by atoms with E-state index in [0.29, 0.717) is 28.6 Å². The van der Waals surface area contributed by atoms with Crippen molar-refractivity contribution in [2.75, 3.05) is 24.4 Å². The Morgan fingerprint density at radius 3 is 2.40 bits per heavy atom. The maximum absolute atomic E-state index is 14.0. The van der Waals surface area contributed by atoms with Crippen molar-refractivity contribution in [3.63, 3.8) is 0 Å². The van der Waals surface area contributed by atoms with E-state index in [9.17, 15) is 18.8 Å². The first kappa shape index (κ1) is 30.5. The first-order valence-electron chi connectivity index (χ1n) is 14.2. The SMILES string of the molecule is COc1ccc(N(C(=O)CCCC(=O)Nc2ccccn2)[C@@H](C(=O)NC2CCCCC2)c2ccc(F)cc2)c(OC)c1. The molecule has 0 radical (unpaired) electrons. The Balaban J connectivity index is 1.65. The predicted octanol–water partition coefficient (Wildman–Crippen LogP) is 5.57. The van der Waals surface area contributed by atoms with Crippen molar-refractivity contribution in [2.24, 2.45) is 0 Å². The van der Waals surface area contributed by atoms with Crippen LogP contribution in [-0.4, -0.2) is 43.0 Å². The molecule has 0 saturated heterocycles. The van der Waals surface area contributed by atoms with Gasteiger partial charge >= 0.3 is 0 Å². The second-order valence-corrected chi connectivity index (χ2v) is 10.2. The lowest BCUT2D eigenvalue weighted by Crippen LogP contribution is -2.47. The molecular weight excluding hydrogens is 539 g/mol. The maximum atomic E-state index is 14.0. The summed E-state index contributed by atoms with van der Waals surface area (Å²) in [5.41, 5.74) is 0.804. The number of amides is 3. The molecule has 222 valence electrons. The molecule has 0 aliphatic heterocycles. The van der Waals surface area contributed by atoms with E-state index in [2.05, 4.69) is 15.6 Å². The van der Waals surface area contributed by atoms with Gasteiger partial charge in [-0.1, -0.05) is 37.5 Å². The molecule has 3 aromatic rings. The number of aromatic nitrogens is 1. The summed E-state index contributed by atoms with van der Waals surface area (Å²) >= 11 is 0. The molecule has 1 aliphatic carbocycles. The van der Waals surface area contributed by atoms with Gasteiger partial charge in [-0.3, -0.25) is 19.3 Å². The molecule has 3 amide bonds. The summed E-state index contributed by atoms with van der Waals surface area (Å²) in [6.07, 6.45) is 6.71. The van der Waals surface area contributed by atoms with Crippen molar-refractivity contribution in [1.82, 2.24) is 10.3 Å². The first-order valence-corrected chi connectivity index (χ1v) is 14.2. The van der Waals surface area contributed by atoms with Crippen LogP contribution >= 0.6 is 0 Å². The van der Waals surface area contributed by atoms with Crippen LogP contribution in [0.3, 0.4) is 0 Å². The van der Waals surface area contributed by atoms with Gasteiger partial charge < -0.3 is 20.1 Å². The van der Waals surface area contributed by atoms with Crippen LogP contribution in [0.1, 0.15) is 63.0 Å². The standard InChI is InChI=1S/C32H37FN4O5/c1-41-25-18-19-26(27(21-25)42-2)37(30(39)13-8-12-29(38)36-28-11-6-7-20-34-28)31(22-14-16-23(33)17-15-22)32(40)35-24-9-4-3-5-10-24/h6-7,11,14-21,24,31H,3-5,8-10,12-13H2,1-2H3,(H,35,40)(H,34,36,38)/t31-/m1/s1. The summed E-state index contributed by atoms with van der Waals surface area (Å²) in [6.45, 7) is 0. The Kier molecular flexibility index (Phi) is 10.9. The van der Waals surface area contributed by atoms with Gasteiger partial charge in [0.25, 0.3) is 0 Å². The Hall–Kier alpha value is -4.47. The van der Waals surface area contributed by atoms with Gasteiger partial charge in [0.1, 0.15) is 29.2 Å². The molecular formula is C32H37FN4O5. The number of halogens is 1. The third-order valence-electron chi connectivity index (χ3n) is 7.29. The number of hydrogen-bond donors (Lipinski definition) is 2. The van der Waals surface area contributed by atoms with Gasteiger partial charge in [-0.05, 0) is 61.2 Å². The molecule has 1 saturated carbocycles. The third kappa shape index (κ3) is 8.05. The number of methoxy groups -OCH3 is 2. The van der Waals surface area contributed by atoms with Crippen LogP contribution < -0.4 is 25.0 Å². The van der Waals surface area contributed by atoms with Gasteiger partial charge in [-0.2, -0.15) is 0 Å². The normalized spacial score (nSPS) is 14.0. The number of nitrogens with zero attached hydrogens (tertiary/aromatic N) is 2. The highest BCUT2D eigenvalue weighted by atomic mass is 19.1. The lowest BCUT2D eigenvalue weighted by Gasteiger charge is -2.34. The average molecular weight is 577 g/mol. The van der Waals surface area contributed by atoms with Crippen molar-refractivity contribution in [3.8, 4) is 11.5 Å². The minimum Gasteiger partial charge on any atom is -0.497 e. The Bertz CT molecular complexity index is 1350. The highest BCUT2D eigenvalue weighted by Crippen LogP contribution is 2.38. The molecule has 1 heterocycles. The summed E-state index contributed by atoms with van der Waals surface area (Å²) < 4.78 is 24.9. The molecule has 1 aliphatic rings. The van der Waals surface area contributed by atoms with Crippen LogP contribution in [0, 0.1) is 5.82 Å². The maximum Gasteiger partial charge on any atom is 0.248 e. The fourth-order valence-corrected chi connectivity index (χ4v) is 5.15. The molecule has 42 heavy (non-hydrogen) atoms. The number of anilines is 2. The van der Waals surface area contributed by atoms with E-state index in [1.807, 2.05) is 0 Å². The minimum atomic E-state index is -1.11. The molecule has 9 nitrogen and oxygen atoms in total. The van der Waals surface area contributed by atoms with Gasteiger partial charge in [0.05, 0.1) is 19.9 Å². The molecule has 2 N–H and O–H groups in total. The summed E-state index contributed by atoms with van der Waals surface area (Å²) in [5.74, 6) is -0.226. The predicted molar refractivity (Wildman–Crippen MR) is 158 cm³/mol. The van der Waals surface area contributed by atoms with E-state index in [-0.39, 0.29) is 37.1 Å². The number of benzene rings is 2. The number of ether oxygens (including phenoxy) is 2. The number of carbonyl (C=O) groups is 3. The highest BCUT2D eigenvalue weighted by molar-refractivity contribution is 6.02. The molecule has 1 fully saturated rings. The zero-order chi connectivity index (χ0) is 29.9. The van der Waals surface area contributed by atoms with E-state index >= 15 is 0 Å². The Morgan fingerprint density at radius 1 is 0.976 bits per heavy atom. The van der Waals surface area contributed by atoms with Crippen molar-refractivity contribution < 1.29 is 28.2 Å². The topological polar surface area (TPSA) is 110 Å². The Morgan fingerprint density at radius 2 is 1.74 bits per heavy atom. The molecule has 0 unspecified atom stereocenters. The minimum absolute atomic E-state index is 0.0146. The van der Waals surface area contributed by atoms with Crippen molar-refractivity contribution in [3.05, 3.63) is 78.2 Å². The quantitative estimate of drug-likeness (QED) is 0.292.